The number of hydrogen-bond acceptors (Lipinski definition) is 5. The number of sulfonamides is 1. The van der Waals surface area contributed by atoms with Crippen molar-refractivity contribution in [3.05, 3.63) is 81.5 Å². The van der Waals surface area contributed by atoms with Gasteiger partial charge >= 0.3 is 0 Å². The van der Waals surface area contributed by atoms with Crippen LogP contribution in [0.1, 0.15) is 32.4 Å². The van der Waals surface area contributed by atoms with Gasteiger partial charge in [0, 0.05) is 12.2 Å². The normalized spacial score (nSPS) is 12.5. The number of thiophene rings is 1. The van der Waals surface area contributed by atoms with Gasteiger partial charge in [-0.25, -0.2) is 8.42 Å². The second-order valence-corrected chi connectivity index (χ2v) is 10.3. The first-order valence-electron chi connectivity index (χ1n) is 9.85. The van der Waals surface area contributed by atoms with Crippen LogP contribution in [-0.4, -0.2) is 39.9 Å². The van der Waals surface area contributed by atoms with Crippen LogP contribution in [0, 0.1) is 13.8 Å². The summed E-state index contributed by atoms with van der Waals surface area (Å²) in [4.78, 5) is 15.0. The van der Waals surface area contributed by atoms with Gasteiger partial charge in [0.05, 0.1) is 6.04 Å². The number of aryl methyl sites for hydroxylation is 2. The molecule has 164 valence electrons. The Morgan fingerprint density at radius 1 is 0.968 bits per heavy atom. The lowest BCUT2D eigenvalue weighted by atomic mass is 10.0. The van der Waals surface area contributed by atoms with Crippen molar-refractivity contribution in [3.8, 4) is 0 Å². The summed E-state index contributed by atoms with van der Waals surface area (Å²) in [6.45, 7) is 4.31. The van der Waals surface area contributed by atoms with Crippen molar-refractivity contribution in [3.63, 3.8) is 0 Å². The maximum Gasteiger partial charge on any atom is 0.263 e. The number of anilines is 1. The van der Waals surface area contributed by atoms with E-state index in [4.69, 9.17) is 0 Å². The summed E-state index contributed by atoms with van der Waals surface area (Å²) in [5, 5.41) is 4.51. The molecule has 0 saturated heterocycles. The third kappa shape index (κ3) is 5.72. The quantitative estimate of drug-likeness (QED) is 0.531. The minimum Gasteiger partial charge on any atom is -0.349 e. The fourth-order valence-electron chi connectivity index (χ4n) is 3.16. The van der Waals surface area contributed by atoms with Gasteiger partial charge in [0.15, 0.2) is 0 Å². The third-order valence-electron chi connectivity index (χ3n) is 4.97. The number of amides is 1. The van der Waals surface area contributed by atoms with Crippen LogP contribution in [0.5, 0.6) is 0 Å². The third-order valence-corrected chi connectivity index (χ3v) is 7.44. The number of rotatable bonds is 8. The van der Waals surface area contributed by atoms with Crippen molar-refractivity contribution in [2.24, 2.45) is 0 Å². The molecule has 2 aromatic carbocycles. The highest BCUT2D eigenvalue weighted by Gasteiger charge is 2.25. The first-order chi connectivity index (χ1) is 14.7. The average molecular weight is 458 g/mol. The molecular formula is C23H27N3O3S2. The van der Waals surface area contributed by atoms with E-state index in [0.29, 0.717) is 12.2 Å². The van der Waals surface area contributed by atoms with E-state index in [1.807, 2.05) is 69.2 Å². The van der Waals surface area contributed by atoms with E-state index in [1.165, 1.54) is 11.6 Å². The molecule has 1 heterocycles. The molecule has 3 rings (SSSR count). The Morgan fingerprint density at radius 2 is 1.55 bits per heavy atom. The van der Waals surface area contributed by atoms with Crippen LogP contribution < -0.4 is 10.0 Å². The molecule has 1 amide bonds. The van der Waals surface area contributed by atoms with Gasteiger partial charge in [0.2, 0.25) is 0 Å². The van der Waals surface area contributed by atoms with Gasteiger partial charge in [0.25, 0.3) is 15.9 Å². The fourth-order valence-corrected chi connectivity index (χ4v) is 5.57. The van der Waals surface area contributed by atoms with E-state index in [9.17, 15) is 13.2 Å². The minimum absolute atomic E-state index is 0.0210. The number of carbonyl (C=O) groups is 1. The standard InChI is InChI=1S/C23H27N3O3S2/c1-16-5-9-18(10-6-16)20(26(3)4)15-24-23(27)22-21(13-14-30-22)31(28,29)25-19-11-7-17(2)8-12-19/h5-14,20,25H,15H2,1-4H3,(H,24,27). The van der Waals surface area contributed by atoms with Crippen LogP contribution in [-0.2, 0) is 10.0 Å². The van der Waals surface area contributed by atoms with Crippen LogP contribution >= 0.6 is 11.3 Å². The lowest BCUT2D eigenvalue weighted by molar-refractivity contribution is 0.0943. The van der Waals surface area contributed by atoms with E-state index in [0.717, 1.165) is 22.5 Å². The topological polar surface area (TPSA) is 78.5 Å². The highest BCUT2D eigenvalue weighted by atomic mass is 32.2. The minimum atomic E-state index is -3.88. The molecule has 0 saturated carbocycles. The Hall–Kier alpha value is -2.68. The number of likely N-dealkylation sites (N-methyl/N-ethyl adjacent to an activating group) is 1. The van der Waals surface area contributed by atoms with Crippen LogP contribution in [0.2, 0.25) is 0 Å². The van der Waals surface area contributed by atoms with Crippen molar-refractivity contribution in [2.75, 3.05) is 25.4 Å². The molecule has 0 fully saturated rings. The molecule has 8 heteroatoms. The number of hydrogen-bond donors (Lipinski definition) is 2. The lowest BCUT2D eigenvalue weighted by Gasteiger charge is -2.25. The zero-order chi connectivity index (χ0) is 22.6. The van der Waals surface area contributed by atoms with Crippen LogP contribution in [0.3, 0.4) is 0 Å². The van der Waals surface area contributed by atoms with Gasteiger partial charge in [0.1, 0.15) is 9.77 Å². The van der Waals surface area contributed by atoms with Gasteiger partial charge in [-0.15, -0.1) is 11.3 Å². The van der Waals surface area contributed by atoms with Gasteiger partial charge in [-0.2, -0.15) is 0 Å². The van der Waals surface area contributed by atoms with Crippen molar-refractivity contribution < 1.29 is 13.2 Å². The number of nitrogens with one attached hydrogen (secondary N) is 2. The Morgan fingerprint density at radius 3 is 2.13 bits per heavy atom. The van der Waals surface area contributed by atoms with E-state index in [1.54, 1.807) is 17.5 Å². The molecule has 6 nitrogen and oxygen atoms in total. The average Bonchev–Trinajstić information content (AvgIpc) is 3.22. The number of benzene rings is 2. The molecule has 0 bridgehead atoms. The first kappa shape index (κ1) is 23.0. The highest BCUT2D eigenvalue weighted by molar-refractivity contribution is 7.93. The molecular weight excluding hydrogens is 430 g/mol. The summed E-state index contributed by atoms with van der Waals surface area (Å²) < 4.78 is 28.3. The first-order valence-corrected chi connectivity index (χ1v) is 12.2. The highest BCUT2D eigenvalue weighted by Crippen LogP contribution is 2.25. The predicted octanol–water partition coefficient (Wildman–Crippen LogP) is 4.20. The van der Waals surface area contributed by atoms with E-state index in [2.05, 4.69) is 10.0 Å². The molecule has 31 heavy (non-hydrogen) atoms. The van der Waals surface area contributed by atoms with Gasteiger partial charge in [-0.05, 0) is 57.1 Å². The van der Waals surface area contributed by atoms with Crippen molar-refractivity contribution in [1.82, 2.24) is 10.2 Å². The predicted molar refractivity (Wildman–Crippen MR) is 126 cm³/mol. The maximum absolute atomic E-state index is 12.9. The SMILES string of the molecule is Cc1ccc(NS(=O)(=O)c2ccsc2C(=O)NCC(c2ccc(C)cc2)N(C)C)cc1. The lowest BCUT2D eigenvalue weighted by Crippen LogP contribution is -2.34. The Labute approximate surface area is 188 Å². The molecule has 1 aromatic heterocycles. The smallest absolute Gasteiger partial charge is 0.263 e. The number of carbonyl (C=O) groups excluding carboxylic acids is 1. The molecule has 0 aliphatic carbocycles. The molecule has 1 atom stereocenters. The van der Waals surface area contributed by atoms with E-state index >= 15 is 0 Å². The van der Waals surface area contributed by atoms with Crippen LogP contribution in [0.15, 0.2) is 64.9 Å². The number of nitrogens with zero attached hydrogens (tertiary/aromatic N) is 1. The summed E-state index contributed by atoms with van der Waals surface area (Å²) >= 11 is 1.11. The van der Waals surface area contributed by atoms with Crippen LogP contribution in [0.4, 0.5) is 5.69 Å². The summed E-state index contributed by atoms with van der Waals surface area (Å²) in [5.41, 5.74) is 3.73. The molecule has 2 N–H and O–H groups in total. The Kier molecular flexibility index (Phi) is 7.15. The molecule has 0 aliphatic rings. The Bertz CT molecular complexity index is 1140. The zero-order valence-corrected chi connectivity index (χ0v) is 19.7. The molecule has 0 radical (unpaired) electrons. The summed E-state index contributed by atoms with van der Waals surface area (Å²) in [6, 6.07) is 16.6. The van der Waals surface area contributed by atoms with Gasteiger partial charge < -0.3 is 10.2 Å². The Balaban J connectivity index is 1.75. The second kappa shape index (κ2) is 9.64. The van der Waals surface area contributed by atoms with Gasteiger partial charge in [-0.3, -0.25) is 9.52 Å². The summed E-state index contributed by atoms with van der Waals surface area (Å²) in [7, 11) is 0.0141. The molecule has 0 spiro atoms. The molecule has 3 aromatic rings. The fraction of sp³-hybridized carbons (Fsp3) is 0.261. The molecule has 1 unspecified atom stereocenters. The van der Waals surface area contributed by atoms with Gasteiger partial charge in [-0.1, -0.05) is 47.5 Å². The second-order valence-electron chi connectivity index (χ2n) is 7.69. The van der Waals surface area contributed by atoms with E-state index in [-0.39, 0.29) is 15.8 Å². The molecule has 0 aliphatic heterocycles. The maximum atomic E-state index is 12.9. The van der Waals surface area contributed by atoms with E-state index < -0.39 is 15.9 Å². The monoisotopic (exact) mass is 457 g/mol. The zero-order valence-electron chi connectivity index (χ0n) is 18.0. The summed E-state index contributed by atoms with van der Waals surface area (Å²) in [6.07, 6.45) is 0. The summed E-state index contributed by atoms with van der Waals surface area (Å²) in [5.74, 6) is -0.404. The largest absolute Gasteiger partial charge is 0.349 e. The van der Waals surface area contributed by atoms with Crippen molar-refractivity contribution in [1.29, 1.82) is 0 Å². The van der Waals surface area contributed by atoms with Crippen molar-refractivity contribution >= 4 is 33.0 Å². The van der Waals surface area contributed by atoms with Crippen LogP contribution in [0.25, 0.3) is 0 Å². The van der Waals surface area contributed by atoms with Crippen molar-refractivity contribution in [2.45, 2.75) is 24.8 Å².